The van der Waals surface area contributed by atoms with Gasteiger partial charge in [-0.3, -0.25) is 4.99 Å². The van der Waals surface area contributed by atoms with E-state index in [1.54, 1.807) is 6.08 Å². The van der Waals surface area contributed by atoms with Crippen LogP contribution in [0.25, 0.3) is 0 Å². The average Bonchev–Trinajstić information content (AvgIpc) is 2.50. The molecule has 0 fully saturated rings. The van der Waals surface area contributed by atoms with Crippen molar-refractivity contribution in [2.45, 2.75) is 33.7 Å². The van der Waals surface area contributed by atoms with E-state index in [2.05, 4.69) is 16.6 Å². The Morgan fingerprint density at radius 1 is 1.38 bits per heavy atom. The lowest BCUT2D eigenvalue weighted by atomic mass is 10.2. The topological polar surface area (TPSA) is 24.7 Å². The first-order valence-corrected chi connectivity index (χ1v) is 4.66. The smallest absolute Gasteiger partial charge is 0.121 e. The van der Waals surface area contributed by atoms with E-state index in [9.17, 15) is 0 Å². The predicted octanol–water partition coefficient (Wildman–Crippen LogP) is 3.02. The lowest BCUT2D eigenvalue weighted by Gasteiger charge is -1.98. The van der Waals surface area contributed by atoms with Gasteiger partial charge in [0.2, 0.25) is 0 Å². The van der Waals surface area contributed by atoms with E-state index < -0.39 is 0 Å². The molecule has 0 spiro atoms. The molecule has 0 aliphatic carbocycles. The maximum absolute atomic E-state index is 4.29. The van der Waals surface area contributed by atoms with Crippen molar-refractivity contribution in [2.75, 3.05) is 0 Å². The van der Waals surface area contributed by atoms with Crippen molar-refractivity contribution < 1.29 is 0 Å². The van der Waals surface area contributed by atoms with Gasteiger partial charge in [-0.15, -0.1) is 0 Å². The molecule has 0 aromatic carbocycles. The standard InChI is InChI=1S/C9H12N2.C2H6/c1-4-6-9-8(5-2)10-7(3)11-9;1-2/h4-6,9H,2H2,1,3H3;1-2H3/b6-4-;. The molecule has 0 aromatic heterocycles. The van der Waals surface area contributed by atoms with Crippen LogP contribution in [0.4, 0.5) is 0 Å². The molecule has 0 N–H and O–H groups in total. The van der Waals surface area contributed by atoms with Gasteiger partial charge in [0.15, 0.2) is 0 Å². The summed E-state index contributed by atoms with van der Waals surface area (Å²) in [6, 6.07) is 0.109. The third-order valence-corrected chi connectivity index (χ3v) is 1.50. The summed E-state index contributed by atoms with van der Waals surface area (Å²) in [5, 5.41) is 0. The van der Waals surface area contributed by atoms with Crippen LogP contribution in [0.3, 0.4) is 0 Å². The van der Waals surface area contributed by atoms with Crippen LogP contribution in [-0.4, -0.2) is 17.6 Å². The zero-order chi connectivity index (χ0) is 10.3. The Bertz CT molecular complexity index is 247. The molecule has 2 nitrogen and oxygen atoms in total. The van der Waals surface area contributed by atoms with Gasteiger partial charge in [-0.1, -0.05) is 32.6 Å². The number of amidine groups is 1. The zero-order valence-corrected chi connectivity index (χ0v) is 8.91. The molecule has 0 aromatic rings. The highest BCUT2D eigenvalue weighted by atomic mass is 15.0. The molecule has 1 heterocycles. The Labute approximate surface area is 80.8 Å². The fourth-order valence-corrected chi connectivity index (χ4v) is 1.04. The minimum Gasteiger partial charge on any atom is -0.257 e. The van der Waals surface area contributed by atoms with Gasteiger partial charge in [-0.2, -0.15) is 0 Å². The van der Waals surface area contributed by atoms with E-state index in [1.807, 2.05) is 39.8 Å². The highest BCUT2D eigenvalue weighted by molar-refractivity contribution is 6.11. The van der Waals surface area contributed by atoms with E-state index in [1.165, 1.54) is 0 Å². The first kappa shape index (κ1) is 11.8. The molecule has 0 radical (unpaired) electrons. The number of allylic oxidation sites excluding steroid dienone is 1. The second-order valence-electron chi connectivity index (χ2n) is 2.39. The Morgan fingerprint density at radius 3 is 2.46 bits per heavy atom. The lowest BCUT2D eigenvalue weighted by Crippen LogP contribution is -2.08. The maximum Gasteiger partial charge on any atom is 0.121 e. The summed E-state index contributed by atoms with van der Waals surface area (Å²) in [4.78, 5) is 8.49. The number of aliphatic imine (C=N–C) groups is 2. The second kappa shape index (κ2) is 6.35. The Kier molecular flexibility index (Phi) is 5.77. The molecule has 0 bridgehead atoms. The quantitative estimate of drug-likeness (QED) is 0.581. The summed E-state index contributed by atoms with van der Waals surface area (Å²) in [5.74, 6) is 0.836. The van der Waals surface area contributed by atoms with E-state index in [4.69, 9.17) is 0 Å². The van der Waals surface area contributed by atoms with Gasteiger partial charge >= 0.3 is 0 Å². The van der Waals surface area contributed by atoms with Crippen LogP contribution in [-0.2, 0) is 0 Å². The zero-order valence-electron chi connectivity index (χ0n) is 8.91. The molecular formula is C11H18N2. The molecule has 13 heavy (non-hydrogen) atoms. The van der Waals surface area contributed by atoms with Gasteiger partial charge in [0, 0.05) is 0 Å². The lowest BCUT2D eigenvalue weighted by molar-refractivity contribution is 1.11. The summed E-state index contributed by atoms with van der Waals surface area (Å²) in [6.07, 6.45) is 5.74. The van der Waals surface area contributed by atoms with E-state index in [0.717, 1.165) is 11.5 Å². The Balaban J connectivity index is 0.000000671. The molecule has 1 atom stereocenters. The fraction of sp³-hybridized carbons (Fsp3) is 0.455. The number of hydrogen-bond donors (Lipinski definition) is 0. The van der Waals surface area contributed by atoms with Crippen LogP contribution in [0.5, 0.6) is 0 Å². The Hall–Kier alpha value is -1.18. The van der Waals surface area contributed by atoms with Crippen molar-refractivity contribution in [3.8, 4) is 0 Å². The van der Waals surface area contributed by atoms with E-state index in [0.29, 0.717) is 0 Å². The predicted molar refractivity (Wildman–Crippen MR) is 60.7 cm³/mol. The monoisotopic (exact) mass is 178 g/mol. The van der Waals surface area contributed by atoms with Gasteiger partial charge in [0.1, 0.15) is 11.9 Å². The molecule has 0 saturated heterocycles. The molecule has 1 rings (SSSR count). The van der Waals surface area contributed by atoms with Gasteiger partial charge in [-0.05, 0) is 19.9 Å². The summed E-state index contributed by atoms with van der Waals surface area (Å²) >= 11 is 0. The molecule has 1 unspecified atom stereocenters. The first-order valence-electron chi connectivity index (χ1n) is 4.66. The van der Waals surface area contributed by atoms with Crippen LogP contribution >= 0.6 is 0 Å². The van der Waals surface area contributed by atoms with Crippen molar-refractivity contribution in [3.05, 3.63) is 24.8 Å². The summed E-state index contributed by atoms with van der Waals surface area (Å²) in [7, 11) is 0. The third kappa shape index (κ3) is 3.36. The first-order chi connectivity index (χ1) is 6.27. The van der Waals surface area contributed by atoms with Crippen LogP contribution in [0, 0.1) is 0 Å². The molecule has 72 valence electrons. The SMILES string of the molecule is C=CC1=NC(C)=NC1/C=C\C.CC. The highest BCUT2D eigenvalue weighted by Gasteiger charge is 2.13. The molecular weight excluding hydrogens is 160 g/mol. The molecule has 2 heteroatoms. The van der Waals surface area contributed by atoms with Gasteiger partial charge < -0.3 is 0 Å². The van der Waals surface area contributed by atoms with E-state index >= 15 is 0 Å². The van der Waals surface area contributed by atoms with Crippen LogP contribution in [0.1, 0.15) is 27.7 Å². The van der Waals surface area contributed by atoms with Gasteiger partial charge in [0.25, 0.3) is 0 Å². The normalized spacial score (nSPS) is 20.5. The maximum atomic E-state index is 4.29. The van der Waals surface area contributed by atoms with Gasteiger partial charge in [-0.25, -0.2) is 4.99 Å². The van der Waals surface area contributed by atoms with Crippen LogP contribution in [0.2, 0.25) is 0 Å². The van der Waals surface area contributed by atoms with Gasteiger partial charge in [0.05, 0.1) is 5.71 Å². The second-order valence-corrected chi connectivity index (χ2v) is 2.39. The summed E-state index contributed by atoms with van der Waals surface area (Å²) in [6.45, 7) is 11.5. The highest BCUT2D eigenvalue weighted by Crippen LogP contribution is 2.07. The number of nitrogens with zero attached hydrogens (tertiary/aromatic N) is 2. The van der Waals surface area contributed by atoms with Crippen molar-refractivity contribution in [1.29, 1.82) is 0 Å². The summed E-state index contributed by atoms with van der Waals surface area (Å²) in [5.41, 5.74) is 0.945. The van der Waals surface area contributed by atoms with Crippen LogP contribution in [0.15, 0.2) is 34.8 Å². The number of hydrogen-bond acceptors (Lipinski definition) is 2. The molecule has 0 saturated carbocycles. The molecule has 0 amide bonds. The summed E-state index contributed by atoms with van der Waals surface area (Å²) < 4.78 is 0. The minimum atomic E-state index is 0.109. The van der Waals surface area contributed by atoms with Crippen molar-refractivity contribution >= 4 is 11.5 Å². The fourth-order valence-electron chi connectivity index (χ4n) is 1.04. The third-order valence-electron chi connectivity index (χ3n) is 1.50. The van der Waals surface area contributed by atoms with Crippen molar-refractivity contribution in [1.82, 2.24) is 0 Å². The minimum absolute atomic E-state index is 0.109. The van der Waals surface area contributed by atoms with Crippen LogP contribution < -0.4 is 0 Å². The molecule has 1 aliphatic rings. The number of rotatable bonds is 2. The van der Waals surface area contributed by atoms with E-state index in [-0.39, 0.29) is 6.04 Å². The van der Waals surface area contributed by atoms with Crippen molar-refractivity contribution in [2.24, 2.45) is 9.98 Å². The largest absolute Gasteiger partial charge is 0.257 e. The Morgan fingerprint density at radius 2 is 2.00 bits per heavy atom. The average molecular weight is 178 g/mol. The molecule has 1 aliphatic heterocycles. The van der Waals surface area contributed by atoms with Crippen molar-refractivity contribution in [3.63, 3.8) is 0 Å².